The number of carbonyl (C=O) groups is 1. The molecule has 0 bridgehead atoms. The van der Waals surface area contributed by atoms with Crippen LogP contribution in [0.2, 0.25) is 5.02 Å². The molecule has 2 fully saturated rings. The lowest BCUT2D eigenvalue weighted by Crippen LogP contribution is -2.50. The van der Waals surface area contributed by atoms with Gasteiger partial charge in [0.1, 0.15) is 12.4 Å². The van der Waals surface area contributed by atoms with E-state index in [0.29, 0.717) is 55.4 Å². The summed E-state index contributed by atoms with van der Waals surface area (Å²) in [6.07, 6.45) is -1.73. The Bertz CT molecular complexity index is 1070. The van der Waals surface area contributed by atoms with Gasteiger partial charge in [0, 0.05) is 48.6 Å². The third-order valence-electron chi connectivity index (χ3n) is 6.73. The number of halogens is 5. The van der Waals surface area contributed by atoms with Crippen molar-refractivity contribution >= 4 is 34.6 Å². The Morgan fingerprint density at radius 3 is 2.39 bits per heavy atom. The molecule has 2 aromatic carbocycles. The van der Waals surface area contributed by atoms with E-state index in [2.05, 4.69) is 5.32 Å². The number of rotatable bonds is 6. The minimum Gasteiger partial charge on any atom is -0.398 e. The maximum atomic E-state index is 14.2. The Labute approximate surface area is 212 Å². The fourth-order valence-corrected chi connectivity index (χ4v) is 4.87. The summed E-state index contributed by atoms with van der Waals surface area (Å²) in [5, 5.41) is 3.50. The molecule has 4 rings (SSSR count). The van der Waals surface area contributed by atoms with Crippen LogP contribution in [0.4, 0.5) is 34.6 Å². The number of benzene rings is 2. The van der Waals surface area contributed by atoms with Crippen molar-refractivity contribution in [3.8, 4) is 0 Å². The van der Waals surface area contributed by atoms with E-state index in [1.807, 2.05) is 4.90 Å². The summed E-state index contributed by atoms with van der Waals surface area (Å²) < 4.78 is 59.3. The van der Waals surface area contributed by atoms with Crippen LogP contribution in [0.5, 0.6) is 0 Å². The number of ether oxygens (including phenoxy) is 1. The molecule has 0 aromatic heterocycles. The standard InChI is InChI=1S/C25H29ClF4N4O2/c26-16-1-8-23(21(27)13-16)33-9-11-34(12-10-33)24(35)15-36-19-5-2-17(3-6-19)32-18-4-7-22(31)20(14-18)25(28,29)30/h1,4,7-8,13-14,17,19,32H,2-3,5-6,9-12,15,31H2. The number of alkyl halides is 3. The van der Waals surface area contributed by atoms with E-state index < -0.39 is 11.7 Å². The van der Waals surface area contributed by atoms with Crippen molar-refractivity contribution in [2.24, 2.45) is 0 Å². The molecule has 6 nitrogen and oxygen atoms in total. The lowest BCUT2D eigenvalue weighted by Gasteiger charge is -2.36. The third kappa shape index (κ3) is 6.53. The molecule has 0 radical (unpaired) electrons. The topological polar surface area (TPSA) is 70.8 Å². The van der Waals surface area contributed by atoms with Crippen molar-refractivity contribution < 1.29 is 27.1 Å². The van der Waals surface area contributed by atoms with Gasteiger partial charge in [0.25, 0.3) is 0 Å². The molecular weight excluding hydrogens is 500 g/mol. The smallest absolute Gasteiger partial charge is 0.398 e. The van der Waals surface area contributed by atoms with E-state index in [0.717, 1.165) is 18.9 Å². The van der Waals surface area contributed by atoms with Crippen molar-refractivity contribution in [3.05, 3.63) is 52.8 Å². The second-order valence-corrected chi connectivity index (χ2v) is 9.63. The van der Waals surface area contributed by atoms with Crippen LogP contribution in [-0.4, -0.2) is 55.7 Å². The molecule has 1 aliphatic carbocycles. The molecule has 1 saturated heterocycles. The minimum absolute atomic E-state index is 0.0200. The molecule has 196 valence electrons. The van der Waals surface area contributed by atoms with E-state index in [-0.39, 0.29) is 36.2 Å². The lowest BCUT2D eigenvalue weighted by molar-refractivity contribution is -0.139. The van der Waals surface area contributed by atoms with Crippen molar-refractivity contribution in [2.45, 2.75) is 44.0 Å². The number of hydrogen-bond acceptors (Lipinski definition) is 5. The van der Waals surface area contributed by atoms with Gasteiger partial charge in [0.05, 0.1) is 17.4 Å². The van der Waals surface area contributed by atoms with Crippen LogP contribution >= 0.6 is 11.6 Å². The van der Waals surface area contributed by atoms with Gasteiger partial charge in [-0.15, -0.1) is 0 Å². The maximum absolute atomic E-state index is 14.2. The average molecular weight is 529 g/mol. The monoisotopic (exact) mass is 528 g/mol. The highest BCUT2D eigenvalue weighted by atomic mass is 35.5. The number of anilines is 3. The normalized spacial score (nSPS) is 20.9. The van der Waals surface area contributed by atoms with Crippen LogP contribution in [0.3, 0.4) is 0 Å². The number of piperazine rings is 1. The van der Waals surface area contributed by atoms with Crippen molar-refractivity contribution in [1.29, 1.82) is 0 Å². The number of nitrogen functional groups attached to an aromatic ring is 1. The molecule has 1 saturated carbocycles. The van der Waals surface area contributed by atoms with Crippen LogP contribution < -0.4 is 16.0 Å². The van der Waals surface area contributed by atoms with Gasteiger partial charge in [0.2, 0.25) is 5.91 Å². The van der Waals surface area contributed by atoms with Gasteiger partial charge in [-0.2, -0.15) is 13.2 Å². The molecule has 36 heavy (non-hydrogen) atoms. The first-order chi connectivity index (χ1) is 17.1. The van der Waals surface area contributed by atoms with Crippen LogP contribution in [0.25, 0.3) is 0 Å². The highest BCUT2D eigenvalue weighted by Gasteiger charge is 2.33. The minimum atomic E-state index is -4.50. The Balaban J connectivity index is 1.18. The zero-order chi connectivity index (χ0) is 25.9. The van der Waals surface area contributed by atoms with E-state index >= 15 is 0 Å². The van der Waals surface area contributed by atoms with E-state index in [9.17, 15) is 22.4 Å². The van der Waals surface area contributed by atoms with Crippen molar-refractivity contribution in [3.63, 3.8) is 0 Å². The average Bonchev–Trinajstić information content (AvgIpc) is 2.84. The zero-order valence-electron chi connectivity index (χ0n) is 19.7. The molecular formula is C25H29ClF4N4O2. The number of nitrogens with two attached hydrogens (primary N) is 1. The third-order valence-corrected chi connectivity index (χ3v) is 6.96. The number of hydrogen-bond donors (Lipinski definition) is 2. The molecule has 1 amide bonds. The molecule has 0 spiro atoms. The quantitative estimate of drug-likeness (QED) is 0.400. The number of nitrogens with one attached hydrogen (secondary N) is 1. The predicted molar refractivity (Wildman–Crippen MR) is 132 cm³/mol. The van der Waals surface area contributed by atoms with E-state index in [1.165, 1.54) is 12.1 Å². The summed E-state index contributed by atoms with van der Waals surface area (Å²) in [5.74, 6) is -0.485. The molecule has 2 aromatic rings. The highest BCUT2D eigenvalue weighted by Crippen LogP contribution is 2.36. The zero-order valence-corrected chi connectivity index (χ0v) is 20.4. The molecule has 0 atom stereocenters. The first-order valence-electron chi connectivity index (χ1n) is 11.9. The summed E-state index contributed by atoms with van der Waals surface area (Å²) in [6.45, 7) is 1.96. The Morgan fingerprint density at radius 2 is 1.75 bits per heavy atom. The summed E-state index contributed by atoms with van der Waals surface area (Å²) >= 11 is 5.82. The van der Waals surface area contributed by atoms with Gasteiger partial charge in [-0.25, -0.2) is 4.39 Å². The van der Waals surface area contributed by atoms with E-state index in [4.69, 9.17) is 22.1 Å². The molecule has 2 aliphatic rings. The van der Waals surface area contributed by atoms with Gasteiger partial charge >= 0.3 is 6.18 Å². The van der Waals surface area contributed by atoms with Crippen molar-refractivity contribution in [1.82, 2.24) is 4.90 Å². The largest absolute Gasteiger partial charge is 0.418 e. The fraction of sp³-hybridized carbons (Fsp3) is 0.480. The first kappa shape index (κ1) is 26.3. The summed E-state index contributed by atoms with van der Waals surface area (Å²) in [5.41, 5.74) is 5.18. The Morgan fingerprint density at radius 1 is 1.06 bits per heavy atom. The second kappa shape index (κ2) is 11.1. The predicted octanol–water partition coefficient (Wildman–Crippen LogP) is 5.17. The van der Waals surface area contributed by atoms with Crippen molar-refractivity contribution in [2.75, 3.05) is 48.7 Å². The number of amides is 1. The summed E-state index contributed by atoms with van der Waals surface area (Å²) in [6, 6.07) is 8.44. The first-order valence-corrected chi connectivity index (χ1v) is 12.3. The van der Waals surface area contributed by atoms with Crippen LogP contribution in [0.1, 0.15) is 31.2 Å². The number of nitrogens with zero attached hydrogens (tertiary/aromatic N) is 2. The summed E-state index contributed by atoms with van der Waals surface area (Å²) in [7, 11) is 0. The Kier molecular flexibility index (Phi) is 8.14. The molecule has 11 heteroatoms. The number of carbonyl (C=O) groups excluding carboxylic acids is 1. The van der Waals surface area contributed by atoms with Crippen LogP contribution in [0, 0.1) is 5.82 Å². The van der Waals surface area contributed by atoms with Gasteiger partial charge < -0.3 is 25.6 Å². The van der Waals surface area contributed by atoms with Gasteiger partial charge in [-0.1, -0.05) is 11.6 Å². The fourth-order valence-electron chi connectivity index (χ4n) is 4.72. The SMILES string of the molecule is Nc1ccc(NC2CCC(OCC(=O)N3CCN(c4ccc(Cl)cc4F)CC3)CC2)cc1C(F)(F)F. The van der Waals surface area contributed by atoms with Gasteiger partial charge in [-0.3, -0.25) is 4.79 Å². The lowest BCUT2D eigenvalue weighted by atomic mass is 9.92. The van der Waals surface area contributed by atoms with Crippen LogP contribution in [-0.2, 0) is 15.7 Å². The molecule has 3 N–H and O–H groups in total. The van der Waals surface area contributed by atoms with E-state index in [1.54, 1.807) is 23.1 Å². The Hall–Kier alpha value is -2.72. The highest BCUT2D eigenvalue weighted by molar-refractivity contribution is 6.30. The van der Waals surface area contributed by atoms with Crippen LogP contribution in [0.15, 0.2) is 36.4 Å². The molecule has 1 aliphatic heterocycles. The molecule has 0 unspecified atom stereocenters. The van der Waals surface area contributed by atoms with Gasteiger partial charge in [0.15, 0.2) is 0 Å². The second-order valence-electron chi connectivity index (χ2n) is 9.19. The maximum Gasteiger partial charge on any atom is 0.418 e. The summed E-state index contributed by atoms with van der Waals surface area (Å²) in [4.78, 5) is 16.2. The van der Waals surface area contributed by atoms with Gasteiger partial charge in [-0.05, 0) is 62.1 Å². The molecule has 1 heterocycles.